The third kappa shape index (κ3) is 3.35. The normalized spacial score (nSPS) is 19.4. The van der Waals surface area contributed by atoms with Gasteiger partial charge in [-0.3, -0.25) is 0 Å². The van der Waals surface area contributed by atoms with Gasteiger partial charge >= 0.3 is 0 Å². The topological polar surface area (TPSA) is 72.6 Å². The van der Waals surface area contributed by atoms with Crippen LogP contribution >= 0.6 is 12.2 Å². The number of nitrogens with two attached hydrogens (primary N) is 1. The van der Waals surface area contributed by atoms with Gasteiger partial charge in [-0.05, 0) is 25.0 Å². The molecule has 5 nitrogen and oxygen atoms in total. The molecule has 20 heavy (non-hydrogen) atoms. The van der Waals surface area contributed by atoms with Crippen molar-refractivity contribution in [2.75, 3.05) is 20.2 Å². The van der Waals surface area contributed by atoms with Gasteiger partial charge in [-0.2, -0.15) is 4.31 Å². The number of benzene rings is 1. The first-order valence-corrected chi connectivity index (χ1v) is 8.24. The van der Waals surface area contributed by atoms with E-state index in [0.717, 1.165) is 12.8 Å². The van der Waals surface area contributed by atoms with Crippen molar-refractivity contribution < 1.29 is 13.2 Å². The highest BCUT2D eigenvalue weighted by atomic mass is 32.2. The highest BCUT2D eigenvalue weighted by Crippen LogP contribution is 2.19. The van der Waals surface area contributed by atoms with Crippen molar-refractivity contribution in [3.63, 3.8) is 0 Å². The predicted octanol–water partition coefficient (Wildman–Crippen LogP) is 1.12. The van der Waals surface area contributed by atoms with Crippen molar-refractivity contribution in [2.24, 2.45) is 5.73 Å². The third-order valence-corrected chi connectivity index (χ3v) is 5.41. The molecule has 1 saturated heterocycles. The lowest BCUT2D eigenvalue weighted by Crippen LogP contribution is -2.34. The summed E-state index contributed by atoms with van der Waals surface area (Å²) in [6.45, 7) is 1.08. The molecule has 0 aliphatic carbocycles. The Morgan fingerprint density at radius 2 is 2.10 bits per heavy atom. The molecule has 1 aromatic carbocycles. The van der Waals surface area contributed by atoms with Gasteiger partial charge in [0.25, 0.3) is 0 Å². The van der Waals surface area contributed by atoms with Gasteiger partial charge in [0.2, 0.25) is 10.0 Å². The Bertz CT molecular complexity index is 578. The minimum absolute atomic E-state index is 0.00864. The first-order chi connectivity index (χ1) is 9.41. The van der Waals surface area contributed by atoms with E-state index in [2.05, 4.69) is 0 Å². The Labute approximate surface area is 124 Å². The van der Waals surface area contributed by atoms with Gasteiger partial charge < -0.3 is 10.5 Å². The zero-order valence-corrected chi connectivity index (χ0v) is 12.9. The van der Waals surface area contributed by atoms with Crippen LogP contribution in [0.5, 0.6) is 0 Å². The maximum Gasteiger partial charge on any atom is 0.242 e. The fraction of sp³-hybridized carbons (Fsp3) is 0.462. The quantitative estimate of drug-likeness (QED) is 0.825. The van der Waals surface area contributed by atoms with Crippen LogP contribution < -0.4 is 5.73 Å². The molecule has 1 heterocycles. The predicted molar refractivity (Wildman–Crippen MR) is 81.1 cm³/mol. The zero-order valence-electron chi connectivity index (χ0n) is 11.3. The molecule has 0 saturated carbocycles. The van der Waals surface area contributed by atoms with Crippen LogP contribution in [-0.4, -0.2) is 44.0 Å². The number of nitrogens with zero attached hydrogens (tertiary/aromatic N) is 1. The molecule has 7 heteroatoms. The molecule has 0 aromatic heterocycles. The summed E-state index contributed by atoms with van der Waals surface area (Å²) in [5.41, 5.74) is 6.15. The summed E-state index contributed by atoms with van der Waals surface area (Å²) in [7, 11) is -1.93. The first-order valence-electron chi connectivity index (χ1n) is 6.39. The second-order valence-corrected chi connectivity index (χ2v) is 7.29. The van der Waals surface area contributed by atoms with Gasteiger partial charge in [-0.1, -0.05) is 24.4 Å². The summed E-state index contributed by atoms with van der Waals surface area (Å²) < 4.78 is 31.6. The lowest BCUT2D eigenvalue weighted by atomic mass is 10.2. The molecule has 2 rings (SSSR count). The SMILES string of the molecule is CN(CC1CCCO1)S(=O)(=O)c1ccc(C(N)=S)cc1. The van der Waals surface area contributed by atoms with Crippen LogP contribution in [0.4, 0.5) is 0 Å². The summed E-state index contributed by atoms with van der Waals surface area (Å²) >= 11 is 4.85. The standard InChI is InChI=1S/C13H18N2O3S2/c1-15(9-11-3-2-8-18-11)20(16,17)12-6-4-10(5-7-12)13(14)19/h4-7,11H,2-3,8-9H2,1H3,(H2,14,19). The number of rotatable bonds is 5. The van der Waals surface area contributed by atoms with Crippen LogP contribution in [0.3, 0.4) is 0 Å². The van der Waals surface area contributed by atoms with Gasteiger partial charge in [0.05, 0.1) is 11.0 Å². The lowest BCUT2D eigenvalue weighted by molar-refractivity contribution is 0.0979. The van der Waals surface area contributed by atoms with E-state index < -0.39 is 10.0 Å². The van der Waals surface area contributed by atoms with Crippen molar-refractivity contribution in [3.8, 4) is 0 Å². The van der Waals surface area contributed by atoms with Gasteiger partial charge in [-0.25, -0.2) is 8.42 Å². The van der Waals surface area contributed by atoms with E-state index in [9.17, 15) is 8.42 Å². The van der Waals surface area contributed by atoms with E-state index in [-0.39, 0.29) is 16.0 Å². The van der Waals surface area contributed by atoms with Gasteiger partial charge in [0.1, 0.15) is 4.99 Å². The van der Waals surface area contributed by atoms with E-state index >= 15 is 0 Å². The minimum Gasteiger partial charge on any atom is -0.389 e. The number of hydrogen-bond acceptors (Lipinski definition) is 4. The fourth-order valence-electron chi connectivity index (χ4n) is 2.14. The number of hydrogen-bond donors (Lipinski definition) is 1. The van der Waals surface area contributed by atoms with Crippen LogP contribution in [0.25, 0.3) is 0 Å². The van der Waals surface area contributed by atoms with Crippen LogP contribution in [0.1, 0.15) is 18.4 Å². The molecule has 2 N–H and O–H groups in total. The molecule has 0 spiro atoms. The van der Waals surface area contributed by atoms with E-state index in [1.807, 2.05) is 0 Å². The van der Waals surface area contributed by atoms with Crippen LogP contribution in [0.15, 0.2) is 29.2 Å². The lowest BCUT2D eigenvalue weighted by Gasteiger charge is -2.20. The summed E-state index contributed by atoms with van der Waals surface area (Å²) in [5.74, 6) is 0. The Kier molecular flexibility index (Phi) is 4.74. The molecular formula is C13H18N2O3S2. The summed E-state index contributed by atoms with van der Waals surface area (Å²) in [5, 5.41) is 0. The molecule has 1 atom stereocenters. The van der Waals surface area contributed by atoms with Crippen LogP contribution in [0, 0.1) is 0 Å². The van der Waals surface area contributed by atoms with E-state index in [4.69, 9.17) is 22.7 Å². The monoisotopic (exact) mass is 314 g/mol. The molecule has 0 amide bonds. The van der Waals surface area contributed by atoms with Crippen molar-refractivity contribution in [2.45, 2.75) is 23.8 Å². The summed E-state index contributed by atoms with van der Waals surface area (Å²) in [4.78, 5) is 0.486. The van der Waals surface area contributed by atoms with Crippen molar-refractivity contribution in [1.82, 2.24) is 4.31 Å². The van der Waals surface area contributed by atoms with Crippen molar-refractivity contribution >= 4 is 27.2 Å². The molecular weight excluding hydrogens is 296 g/mol. The molecule has 110 valence electrons. The van der Waals surface area contributed by atoms with Crippen LogP contribution in [-0.2, 0) is 14.8 Å². The van der Waals surface area contributed by atoms with Crippen molar-refractivity contribution in [3.05, 3.63) is 29.8 Å². The molecule has 1 unspecified atom stereocenters. The Morgan fingerprint density at radius 1 is 1.45 bits per heavy atom. The fourth-order valence-corrected chi connectivity index (χ4v) is 3.48. The number of likely N-dealkylation sites (N-methyl/N-ethyl adjacent to an activating group) is 1. The second-order valence-electron chi connectivity index (χ2n) is 4.81. The highest BCUT2D eigenvalue weighted by molar-refractivity contribution is 7.89. The van der Waals surface area contributed by atoms with Crippen LogP contribution in [0.2, 0.25) is 0 Å². The maximum atomic E-state index is 12.4. The molecule has 1 aliphatic heterocycles. The highest BCUT2D eigenvalue weighted by Gasteiger charge is 2.25. The van der Waals surface area contributed by atoms with E-state index in [1.165, 1.54) is 16.4 Å². The average molecular weight is 314 g/mol. The Morgan fingerprint density at radius 3 is 2.60 bits per heavy atom. The van der Waals surface area contributed by atoms with E-state index in [0.29, 0.717) is 18.7 Å². The Balaban J connectivity index is 2.13. The van der Waals surface area contributed by atoms with Crippen molar-refractivity contribution in [1.29, 1.82) is 0 Å². The largest absolute Gasteiger partial charge is 0.389 e. The van der Waals surface area contributed by atoms with E-state index in [1.54, 1.807) is 19.2 Å². The number of sulfonamides is 1. The minimum atomic E-state index is -3.50. The van der Waals surface area contributed by atoms with Gasteiger partial charge in [-0.15, -0.1) is 0 Å². The molecule has 0 radical (unpaired) electrons. The van der Waals surface area contributed by atoms with Gasteiger partial charge in [0.15, 0.2) is 0 Å². The molecule has 1 aliphatic rings. The average Bonchev–Trinajstić information content (AvgIpc) is 2.91. The molecule has 1 aromatic rings. The zero-order chi connectivity index (χ0) is 14.8. The number of thiocarbonyl (C=S) groups is 1. The number of ether oxygens (including phenoxy) is 1. The molecule has 0 bridgehead atoms. The summed E-state index contributed by atoms with van der Waals surface area (Å²) in [6, 6.07) is 6.29. The molecule has 1 fully saturated rings. The summed E-state index contributed by atoms with van der Waals surface area (Å²) in [6.07, 6.45) is 1.88. The smallest absolute Gasteiger partial charge is 0.242 e. The van der Waals surface area contributed by atoms with Gasteiger partial charge in [0, 0.05) is 25.8 Å². The second kappa shape index (κ2) is 6.17. The first kappa shape index (κ1) is 15.4. The third-order valence-electron chi connectivity index (χ3n) is 3.33. The maximum absolute atomic E-state index is 12.4. The Hall–Kier alpha value is -1.02.